The van der Waals surface area contributed by atoms with E-state index in [1.165, 1.54) is 12.2 Å². The highest BCUT2D eigenvalue weighted by Crippen LogP contribution is 2.06. The Morgan fingerprint density at radius 1 is 1.07 bits per heavy atom. The lowest BCUT2D eigenvalue weighted by Crippen LogP contribution is -2.42. The van der Waals surface area contributed by atoms with E-state index in [1.54, 1.807) is 6.92 Å². The van der Waals surface area contributed by atoms with Gasteiger partial charge in [-0.1, -0.05) is 60.7 Å². The van der Waals surface area contributed by atoms with E-state index >= 15 is 0 Å². The Kier molecular flexibility index (Phi) is 9.27. The van der Waals surface area contributed by atoms with Gasteiger partial charge in [-0.05, 0) is 24.1 Å². The van der Waals surface area contributed by atoms with Crippen LogP contribution in [0.15, 0.2) is 72.8 Å². The fraction of sp³-hybridized carbons (Fsp3) is 0.318. The zero-order chi connectivity index (χ0) is 19.3. The van der Waals surface area contributed by atoms with Gasteiger partial charge >= 0.3 is 5.97 Å². The largest absolute Gasteiger partial charge is 0.463 e. The third-order valence-electron chi connectivity index (χ3n) is 3.95. The topological polar surface area (TPSA) is 67.8 Å². The van der Waals surface area contributed by atoms with Gasteiger partial charge in [0.15, 0.2) is 0 Å². The molecule has 0 aromatic heterocycles. The molecule has 2 N–H and O–H groups in total. The highest BCUT2D eigenvalue weighted by atomic mass is 16.5. The van der Waals surface area contributed by atoms with Crippen molar-refractivity contribution in [1.29, 1.82) is 0 Å². The zero-order valence-corrected chi connectivity index (χ0v) is 15.6. The maximum atomic E-state index is 11.5. The molecule has 5 nitrogen and oxygen atoms in total. The number of benzene rings is 2. The van der Waals surface area contributed by atoms with Gasteiger partial charge < -0.3 is 19.9 Å². The Hall–Kier alpha value is -2.47. The lowest BCUT2D eigenvalue weighted by Gasteiger charge is -2.22. The minimum atomic E-state index is -0.881. The first kappa shape index (κ1) is 20.8. The molecular formula is C22H27NO4. The van der Waals surface area contributed by atoms with Gasteiger partial charge in [-0.15, -0.1) is 0 Å². The maximum Gasteiger partial charge on any atom is 0.330 e. The van der Waals surface area contributed by atoms with E-state index in [-0.39, 0.29) is 6.04 Å². The molecule has 0 fully saturated rings. The van der Waals surface area contributed by atoms with Crippen LogP contribution < -0.4 is 5.32 Å². The first-order valence-corrected chi connectivity index (χ1v) is 9.11. The number of aliphatic hydroxyl groups is 1. The number of carbonyl (C=O) groups excluding carboxylic acids is 1. The number of rotatable bonds is 11. The molecule has 0 aliphatic rings. The van der Waals surface area contributed by atoms with Gasteiger partial charge in [0.2, 0.25) is 0 Å². The summed E-state index contributed by atoms with van der Waals surface area (Å²) in [7, 11) is 0. The van der Waals surface area contributed by atoms with E-state index in [0.29, 0.717) is 26.4 Å². The average Bonchev–Trinajstić information content (AvgIpc) is 2.70. The predicted molar refractivity (Wildman–Crippen MR) is 105 cm³/mol. The Balaban J connectivity index is 1.92. The lowest BCUT2D eigenvalue weighted by molar-refractivity contribution is -0.137. The first-order chi connectivity index (χ1) is 13.2. The molecule has 0 unspecified atom stereocenters. The van der Waals surface area contributed by atoms with Gasteiger partial charge in [-0.3, -0.25) is 0 Å². The highest BCUT2D eigenvalue weighted by Gasteiger charge is 2.17. The van der Waals surface area contributed by atoms with Gasteiger partial charge in [0, 0.05) is 12.6 Å². The molecule has 2 rings (SSSR count). The van der Waals surface area contributed by atoms with Crippen LogP contribution in [0.4, 0.5) is 0 Å². The standard InChI is InChI=1S/C22H27NO4/c1-2-27-22(25)14-13-21(24)20(23-15-18-9-5-3-6-10-18)17-26-16-19-11-7-4-8-12-19/h3-14,20-21,23-24H,2,15-17H2,1H3/b14-13+/t20-,21-/m1/s1. The number of nitrogens with one attached hydrogen (secondary N) is 1. The summed E-state index contributed by atoms with van der Waals surface area (Å²) in [4.78, 5) is 11.5. The van der Waals surface area contributed by atoms with E-state index < -0.39 is 12.1 Å². The fourth-order valence-corrected chi connectivity index (χ4v) is 2.50. The van der Waals surface area contributed by atoms with Gasteiger partial charge in [0.1, 0.15) is 0 Å². The van der Waals surface area contributed by atoms with Crippen molar-refractivity contribution >= 4 is 5.97 Å². The number of aliphatic hydroxyl groups excluding tert-OH is 1. The molecule has 2 aromatic carbocycles. The first-order valence-electron chi connectivity index (χ1n) is 9.11. The molecule has 0 amide bonds. The van der Waals surface area contributed by atoms with Gasteiger partial charge in [0.25, 0.3) is 0 Å². The molecule has 2 atom stereocenters. The number of esters is 1. The Bertz CT molecular complexity index is 688. The van der Waals surface area contributed by atoms with Crippen molar-refractivity contribution in [1.82, 2.24) is 5.32 Å². The molecule has 0 aliphatic carbocycles. The third kappa shape index (κ3) is 8.17. The summed E-state index contributed by atoms with van der Waals surface area (Å²) in [6.07, 6.45) is 1.81. The Labute approximate surface area is 160 Å². The molecule has 144 valence electrons. The van der Waals surface area contributed by atoms with E-state index in [4.69, 9.17) is 9.47 Å². The lowest BCUT2D eigenvalue weighted by atomic mass is 10.1. The Morgan fingerprint density at radius 2 is 1.70 bits per heavy atom. The smallest absolute Gasteiger partial charge is 0.330 e. The summed E-state index contributed by atoms with van der Waals surface area (Å²) < 4.78 is 10.6. The van der Waals surface area contributed by atoms with Crippen molar-refractivity contribution in [3.63, 3.8) is 0 Å². The van der Waals surface area contributed by atoms with Crippen LogP contribution in [0.3, 0.4) is 0 Å². The van der Waals surface area contributed by atoms with Crippen molar-refractivity contribution < 1.29 is 19.4 Å². The second-order valence-corrected chi connectivity index (χ2v) is 6.08. The van der Waals surface area contributed by atoms with E-state index in [1.807, 2.05) is 60.7 Å². The SMILES string of the molecule is CCOC(=O)/C=C/[C@@H](O)[C@@H](COCc1ccccc1)NCc1ccccc1. The molecule has 5 heteroatoms. The zero-order valence-electron chi connectivity index (χ0n) is 15.6. The van der Waals surface area contributed by atoms with E-state index in [9.17, 15) is 9.90 Å². The minimum Gasteiger partial charge on any atom is -0.463 e. The van der Waals surface area contributed by atoms with Crippen molar-refractivity contribution in [2.75, 3.05) is 13.2 Å². The van der Waals surface area contributed by atoms with Crippen LogP contribution in [-0.2, 0) is 27.4 Å². The quantitative estimate of drug-likeness (QED) is 0.471. The minimum absolute atomic E-state index is 0.301. The summed E-state index contributed by atoms with van der Waals surface area (Å²) in [5.41, 5.74) is 2.17. The van der Waals surface area contributed by atoms with Gasteiger partial charge in [0.05, 0.1) is 32.0 Å². The molecule has 0 radical (unpaired) electrons. The maximum absolute atomic E-state index is 11.5. The summed E-state index contributed by atoms with van der Waals surface area (Å²) in [6, 6.07) is 19.4. The van der Waals surface area contributed by atoms with E-state index in [0.717, 1.165) is 11.1 Å². The monoisotopic (exact) mass is 369 g/mol. The van der Waals surface area contributed by atoms with Crippen LogP contribution in [0.1, 0.15) is 18.1 Å². The predicted octanol–water partition coefficient (Wildman–Crippen LogP) is 2.84. The van der Waals surface area contributed by atoms with Crippen LogP contribution in [0, 0.1) is 0 Å². The third-order valence-corrected chi connectivity index (χ3v) is 3.95. The van der Waals surface area contributed by atoms with Gasteiger partial charge in [-0.2, -0.15) is 0 Å². The van der Waals surface area contributed by atoms with Crippen LogP contribution in [-0.4, -0.2) is 36.4 Å². The van der Waals surface area contributed by atoms with Gasteiger partial charge in [-0.25, -0.2) is 4.79 Å². The molecule has 0 saturated heterocycles. The molecule has 2 aromatic rings. The Morgan fingerprint density at radius 3 is 2.33 bits per heavy atom. The molecule has 0 saturated carbocycles. The van der Waals surface area contributed by atoms with Crippen molar-refractivity contribution in [3.05, 3.63) is 83.9 Å². The van der Waals surface area contributed by atoms with Crippen LogP contribution in [0.5, 0.6) is 0 Å². The average molecular weight is 369 g/mol. The molecule has 0 heterocycles. The second kappa shape index (κ2) is 12.0. The molecule has 27 heavy (non-hydrogen) atoms. The van der Waals surface area contributed by atoms with Crippen LogP contribution in [0.2, 0.25) is 0 Å². The molecule has 0 bridgehead atoms. The highest BCUT2D eigenvalue weighted by molar-refractivity contribution is 5.81. The van der Waals surface area contributed by atoms with Crippen molar-refractivity contribution in [2.24, 2.45) is 0 Å². The number of ether oxygens (including phenoxy) is 2. The van der Waals surface area contributed by atoms with Crippen molar-refractivity contribution in [2.45, 2.75) is 32.2 Å². The summed E-state index contributed by atoms with van der Waals surface area (Å²) in [5.74, 6) is -0.469. The van der Waals surface area contributed by atoms with Crippen molar-refractivity contribution in [3.8, 4) is 0 Å². The fourth-order valence-electron chi connectivity index (χ4n) is 2.50. The number of hydrogen-bond acceptors (Lipinski definition) is 5. The van der Waals surface area contributed by atoms with E-state index in [2.05, 4.69) is 5.32 Å². The number of hydrogen-bond donors (Lipinski definition) is 2. The van der Waals surface area contributed by atoms with Crippen LogP contribution >= 0.6 is 0 Å². The molecular weight excluding hydrogens is 342 g/mol. The number of carbonyl (C=O) groups is 1. The molecule has 0 spiro atoms. The normalized spacial score (nSPS) is 13.4. The molecule has 0 aliphatic heterocycles. The summed E-state index contributed by atoms with van der Waals surface area (Å²) in [5, 5.41) is 13.8. The summed E-state index contributed by atoms with van der Waals surface area (Å²) >= 11 is 0. The second-order valence-electron chi connectivity index (χ2n) is 6.08. The summed E-state index contributed by atoms with van der Waals surface area (Å²) in [6.45, 7) is 3.39. The van der Waals surface area contributed by atoms with Crippen LogP contribution in [0.25, 0.3) is 0 Å².